The molecule has 120 valence electrons. The van der Waals surface area contributed by atoms with Crippen molar-refractivity contribution in [2.45, 2.75) is 51.1 Å². The van der Waals surface area contributed by atoms with E-state index in [2.05, 4.69) is 12.2 Å². The highest BCUT2D eigenvalue weighted by Gasteiger charge is 2.28. The van der Waals surface area contributed by atoms with Gasteiger partial charge in [-0.3, -0.25) is 0 Å². The number of benzene rings is 1. The van der Waals surface area contributed by atoms with Crippen LogP contribution in [0.4, 0.5) is 4.79 Å². The highest BCUT2D eigenvalue weighted by molar-refractivity contribution is 5.83. The summed E-state index contributed by atoms with van der Waals surface area (Å²) >= 11 is 0. The quantitative estimate of drug-likeness (QED) is 0.878. The summed E-state index contributed by atoms with van der Waals surface area (Å²) in [5.41, 5.74) is 0.904. The number of aliphatic carboxylic acids is 1. The molecule has 1 aromatic rings. The highest BCUT2D eigenvalue weighted by Crippen LogP contribution is 2.19. The minimum atomic E-state index is -0.998. The zero-order valence-corrected chi connectivity index (χ0v) is 13.0. The summed E-state index contributed by atoms with van der Waals surface area (Å²) in [6, 6.07) is 8.44. The summed E-state index contributed by atoms with van der Waals surface area (Å²) in [6.45, 7) is 2.77. The Balaban J connectivity index is 2.01. The van der Waals surface area contributed by atoms with Crippen LogP contribution in [0.15, 0.2) is 30.3 Å². The number of nitrogens with one attached hydrogen (secondary N) is 1. The Morgan fingerprint density at radius 1 is 1.32 bits per heavy atom. The number of hydrogen-bond donors (Lipinski definition) is 2. The van der Waals surface area contributed by atoms with Gasteiger partial charge in [-0.1, -0.05) is 37.3 Å². The molecule has 1 saturated heterocycles. The number of carbonyl (C=O) groups excluding carboxylic acids is 1. The lowest BCUT2D eigenvalue weighted by Gasteiger charge is -2.35. The van der Waals surface area contributed by atoms with Crippen LogP contribution in [0.1, 0.15) is 38.2 Å². The van der Waals surface area contributed by atoms with Gasteiger partial charge in [0.15, 0.2) is 0 Å². The molecular weight excluding hydrogens is 280 g/mol. The third-order valence-corrected chi connectivity index (χ3v) is 4.24. The fraction of sp³-hybridized carbons (Fsp3) is 0.529. The molecule has 2 N–H and O–H groups in total. The van der Waals surface area contributed by atoms with Crippen LogP contribution in [-0.4, -0.2) is 40.6 Å². The predicted octanol–water partition coefficient (Wildman–Crippen LogP) is 2.66. The van der Waals surface area contributed by atoms with Crippen molar-refractivity contribution in [1.82, 2.24) is 10.2 Å². The molecule has 0 radical (unpaired) electrons. The summed E-state index contributed by atoms with van der Waals surface area (Å²) in [5.74, 6) is -0.998. The maximum Gasteiger partial charge on any atom is 0.326 e. The zero-order valence-electron chi connectivity index (χ0n) is 13.0. The summed E-state index contributed by atoms with van der Waals surface area (Å²) in [4.78, 5) is 25.7. The van der Waals surface area contributed by atoms with Gasteiger partial charge in [0.05, 0.1) is 0 Å². The van der Waals surface area contributed by atoms with Crippen LogP contribution >= 0.6 is 0 Å². The lowest BCUT2D eigenvalue weighted by molar-refractivity contribution is -0.139. The van der Waals surface area contributed by atoms with Crippen LogP contribution in [-0.2, 0) is 11.2 Å². The van der Waals surface area contributed by atoms with E-state index in [0.717, 1.165) is 31.2 Å². The second kappa shape index (κ2) is 7.82. The molecule has 1 aliphatic heterocycles. The number of nitrogens with zero attached hydrogens (tertiary/aromatic N) is 1. The first-order valence-corrected chi connectivity index (χ1v) is 7.95. The van der Waals surface area contributed by atoms with Gasteiger partial charge < -0.3 is 15.3 Å². The molecule has 0 spiro atoms. The molecule has 0 bridgehead atoms. The molecule has 0 unspecified atom stereocenters. The Labute approximate surface area is 131 Å². The van der Waals surface area contributed by atoms with Crippen molar-refractivity contribution >= 4 is 12.0 Å². The van der Waals surface area contributed by atoms with Crippen LogP contribution in [0.5, 0.6) is 0 Å². The van der Waals surface area contributed by atoms with E-state index in [1.54, 1.807) is 4.90 Å². The Bertz CT molecular complexity index is 504. The fourth-order valence-corrected chi connectivity index (χ4v) is 2.97. The van der Waals surface area contributed by atoms with Crippen LogP contribution in [0, 0.1) is 0 Å². The third kappa shape index (κ3) is 4.23. The van der Waals surface area contributed by atoms with Gasteiger partial charge in [-0.15, -0.1) is 0 Å². The number of amides is 2. The number of carboxylic acid groups (broad SMARTS) is 1. The van der Waals surface area contributed by atoms with Gasteiger partial charge in [-0.25, -0.2) is 9.59 Å². The van der Waals surface area contributed by atoms with Gasteiger partial charge in [-0.05, 0) is 31.2 Å². The zero-order chi connectivity index (χ0) is 15.9. The number of carbonyl (C=O) groups is 2. The Hall–Kier alpha value is -2.04. The molecule has 0 aromatic heterocycles. The lowest BCUT2D eigenvalue weighted by atomic mass is 10.0. The molecule has 1 aromatic carbocycles. The molecule has 1 aliphatic rings. The third-order valence-electron chi connectivity index (χ3n) is 4.24. The standard InChI is InChI=1S/C17H24N2O3/c1-2-14-10-6-7-11-19(14)17(22)18-15(16(20)21)12-13-8-4-3-5-9-13/h3-5,8-9,14-15H,2,6-7,10-12H2,1H3,(H,18,22)(H,20,21)/t14-,15-/m0/s1. The Kier molecular flexibility index (Phi) is 5.81. The number of carboxylic acids is 1. The van der Waals surface area contributed by atoms with Crippen molar-refractivity contribution in [1.29, 1.82) is 0 Å². The van der Waals surface area contributed by atoms with Crippen molar-refractivity contribution in [3.05, 3.63) is 35.9 Å². The first-order valence-electron chi connectivity index (χ1n) is 7.95. The largest absolute Gasteiger partial charge is 0.480 e. The smallest absolute Gasteiger partial charge is 0.326 e. The maximum absolute atomic E-state index is 12.4. The van der Waals surface area contributed by atoms with Gasteiger partial charge in [-0.2, -0.15) is 0 Å². The summed E-state index contributed by atoms with van der Waals surface area (Å²) in [5, 5.41) is 12.1. The van der Waals surface area contributed by atoms with E-state index in [1.807, 2.05) is 30.3 Å². The van der Waals surface area contributed by atoms with Crippen molar-refractivity contribution in [2.24, 2.45) is 0 Å². The summed E-state index contributed by atoms with van der Waals surface area (Å²) in [7, 11) is 0. The first-order chi connectivity index (χ1) is 10.6. The van der Waals surface area contributed by atoms with Crippen LogP contribution < -0.4 is 5.32 Å². The number of rotatable bonds is 5. The molecule has 2 atom stereocenters. The SMILES string of the molecule is CC[C@H]1CCCCN1C(=O)N[C@@H](Cc1ccccc1)C(=O)O. The second-order valence-corrected chi connectivity index (χ2v) is 5.78. The molecule has 2 rings (SSSR count). The minimum absolute atomic E-state index is 0.222. The number of urea groups is 1. The van der Waals surface area contributed by atoms with E-state index in [0.29, 0.717) is 13.0 Å². The molecular formula is C17H24N2O3. The van der Waals surface area contributed by atoms with E-state index in [1.165, 1.54) is 0 Å². The van der Waals surface area contributed by atoms with E-state index in [-0.39, 0.29) is 12.1 Å². The van der Waals surface area contributed by atoms with Gasteiger partial charge >= 0.3 is 12.0 Å². The molecule has 1 heterocycles. The van der Waals surface area contributed by atoms with Crippen molar-refractivity contribution in [3.63, 3.8) is 0 Å². The molecule has 0 aliphatic carbocycles. The monoisotopic (exact) mass is 304 g/mol. The van der Waals surface area contributed by atoms with E-state index in [4.69, 9.17) is 0 Å². The van der Waals surface area contributed by atoms with Crippen molar-refractivity contribution in [3.8, 4) is 0 Å². The highest BCUT2D eigenvalue weighted by atomic mass is 16.4. The van der Waals surface area contributed by atoms with Gasteiger partial charge in [0, 0.05) is 19.0 Å². The fourth-order valence-electron chi connectivity index (χ4n) is 2.97. The summed E-state index contributed by atoms with van der Waals surface area (Å²) < 4.78 is 0. The molecule has 1 fully saturated rings. The lowest BCUT2D eigenvalue weighted by Crippen LogP contribution is -2.53. The molecule has 22 heavy (non-hydrogen) atoms. The summed E-state index contributed by atoms with van der Waals surface area (Å²) in [6.07, 6.45) is 4.33. The van der Waals surface area contributed by atoms with E-state index < -0.39 is 12.0 Å². The van der Waals surface area contributed by atoms with Crippen molar-refractivity contribution in [2.75, 3.05) is 6.54 Å². The van der Waals surface area contributed by atoms with E-state index >= 15 is 0 Å². The average molecular weight is 304 g/mol. The molecule has 2 amide bonds. The maximum atomic E-state index is 12.4. The number of hydrogen-bond acceptors (Lipinski definition) is 2. The normalized spacial score (nSPS) is 19.5. The minimum Gasteiger partial charge on any atom is -0.480 e. The number of piperidine rings is 1. The first kappa shape index (κ1) is 16.3. The number of likely N-dealkylation sites (tertiary alicyclic amines) is 1. The Morgan fingerprint density at radius 3 is 2.68 bits per heavy atom. The van der Waals surface area contributed by atoms with Gasteiger partial charge in [0.1, 0.15) is 6.04 Å². The molecule has 5 heteroatoms. The second-order valence-electron chi connectivity index (χ2n) is 5.78. The molecule has 5 nitrogen and oxygen atoms in total. The van der Waals surface area contributed by atoms with E-state index in [9.17, 15) is 14.7 Å². The van der Waals surface area contributed by atoms with Crippen LogP contribution in [0.25, 0.3) is 0 Å². The Morgan fingerprint density at radius 2 is 2.05 bits per heavy atom. The van der Waals surface area contributed by atoms with Gasteiger partial charge in [0.2, 0.25) is 0 Å². The average Bonchev–Trinajstić information content (AvgIpc) is 2.55. The van der Waals surface area contributed by atoms with Crippen LogP contribution in [0.3, 0.4) is 0 Å². The van der Waals surface area contributed by atoms with Gasteiger partial charge in [0.25, 0.3) is 0 Å². The topological polar surface area (TPSA) is 69.6 Å². The molecule has 0 saturated carbocycles. The van der Waals surface area contributed by atoms with Crippen LogP contribution in [0.2, 0.25) is 0 Å². The predicted molar refractivity (Wildman–Crippen MR) is 84.7 cm³/mol. The van der Waals surface area contributed by atoms with Crippen molar-refractivity contribution < 1.29 is 14.7 Å².